The van der Waals surface area contributed by atoms with E-state index < -0.39 is 12.1 Å². The smallest absolute Gasteiger partial charge is 0.261 e. The van der Waals surface area contributed by atoms with Gasteiger partial charge in [0.05, 0.1) is 0 Å². The number of nitrogens with one attached hydrogen (secondary N) is 1. The van der Waals surface area contributed by atoms with Crippen molar-refractivity contribution in [2.75, 3.05) is 0 Å². The number of carbonyl (C=O) groups is 1. The molecule has 2 atom stereocenters. The van der Waals surface area contributed by atoms with Gasteiger partial charge < -0.3 is 14.6 Å². The minimum atomic E-state index is -0.694. The number of hydrogen-bond acceptors (Lipinski definition) is 3. The van der Waals surface area contributed by atoms with Crippen LogP contribution in [0.3, 0.4) is 0 Å². The molecule has 0 aliphatic heterocycles. The molecule has 2 aromatic carbocycles. The minimum absolute atomic E-state index is 0.286. The average Bonchev–Trinajstić information content (AvgIpc) is 3.07. The topological polar surface area (TPSA) is 56.1 Å². The molecule has 0 spiro atoms. The van der Waals surface area contributed by atoms with Crippen molar-refractivity contribution in [3.8, 4) is 5.75 Å². The van der Waals surface area contributed by atoms with Crippen molar-refractivity contribution in [1.82, 2.24) is 14.9 Å². The van der Waals surface area contributed by atoms with Crippen LogP contribution in [0.15, 0.2) is 67.0 Å². The summed E-state index contributed by atoms with van der Waals surface area (Å²) in [5, 5.41) is 2.95. The zero-order valence-electron chi connectivity index (χ0n) is 14.6. The Morgan fingerprint density at radius 3 is 2.46 bits per heavy atom. The Bertz CT molecular complexity index is 862. The third kappa shape index (κ3) is 4.08. The molecular weight excluding hydrogens is 333 g/mol. The predicted molar refractivity (Wildman–Crippen MR) is 96.1 cm³/mol. The Morgan fingerprint density at radius 1 is 1.15 bits per heavy atom. The van der Waals surface area contributed by atoms with E-state index in [4.69, 9.17) is 4.74 Å². The molecule has 5 nitrogen and oxygen atoms in total. The highest BCUT2D eigenvalue weighted by molar-refractivity contribution is 5.81. The van der Waals surface area contributed by atoms with Crippen molar-refractivity contribution < 1.29 is 13.9 Å². The summed E-state index contributed by atoms with van der Waals surface area (Å²) in [4.78, 5) is 17.0. The first-order valence-electron chi connectivity index (χ1n) is 8.29. The number of amides is 1. The summed E-state index contributed by atoms with van der Waals surface area (Å²) in [6.07, 6.45) is 2.75. The second-order valence-electron chi connectivity index (χ2n) is 5.96. The SMILES string of the molecule is C[C@H](Oc1ccccc1)C(=O)N[C@@H](c1ccc(F)cc1)c1nccn1C. The minimum Gasteiger partial charge on any atom is -0.481 e. The molecule has 0 radical (unpaired) electrons. The normalized spacial score (nSPS) is 13.0. The molecule has 1 aromatic heterocycles. The number of halogens is 1. The van der Waals surface area contributed by atoms with Crippen LogP contribution in [-0.4, -0.2) is 21.6 Å². The predicted octanol–water partition coefficient (Wildman–Crippen LogP) is 3.23. The number of benzene rings is 2. The summed E-state index contributed by atoms with van der Waals surface area (Å²) in [6, 6.07) is 14.6. The molecule has 1 heterocycles. The molecule has 26 heavy (non-hydrogen) atoms. The Morgan fingerprint density at radius 2 is 1.85 bits per heavy atom. The summed E-state index contributed by atoms with van der Waals surface area (Å²) in [5.74, 6) is 0.646. The van der Waals surface area contributed by atoms with Crippen LogP contribution in [0.4, 0.5) is 4.39 Å². The van der Waals surface area contributed by atoms with Gasteiger partial charge in [0.15, 0.2) is 6.10 Å². The molecule has 0 bridgehead atoms. The molecule has 0 saturated heterocycles. The highest BCUT2D eigenvalue weighted by atomic mass is 19.1. The third-order valence-electron chi connectivity index (χ3n) is 4.03. The number of aryl methyl sites for hydroxylation is 1. The van der Waals surface area contributed by atoms with Crippen LogP contribution in [0.25, 0.3) is 0 Å². The number of carbonyl (C=O) groups excluding carboxylic acids is 1. The third-order valence-corrected chi connectivity index (χ3v) is 4.03. The fraction of sp³-hybridized carbons (Fsp3) is 0.200. The number of hydrogen-bond donors (Lipinski definition) is 1. The number of imidazole rings is 1. The molecule has 3 aromatic rings. The van der Waals surface area contributed by atoms with Gasteiger partial charge in [-0.3, -0.25) is 4.79 Å². The number of aromatic nitrogens is 2. The van der Waals surface area contributed by atoms with Crippen LogP contribution >= 0.6 is 0 Å². The maximum atomic E-state index is 13.3. The fourth-order valence-electron chi connectivity index (χ4n) is 2.62. The Balaban J connectivity index is 1.80. The zero-order valence-corrected chi connectivity index (χ0v) is 14.6. The van der Waals surface area contributed by atoms with Crippen molar-refractivity contribution in [2.45, 2.75) is 19.1 Å². The van der Waals surface area contributed by atoms with Gasteiger partial charge in [-0.05, 0) is 36.8 Å². The molecule has 0 saturated carbocycles. The highest BCUT2D eigenvalue weighted by Crippen LogP contribution is 2.21. The molecule has 0 unspecified atom stereocenters. The van der Waals surface area contributed by atoms with Crippen molar-refractivity contribution in [2.24, 2.45) is 7.05 Å². The lowest BCUT2D eigenvalue weighted by Gasteiger charge is -2.22. The second-order valence-corrected chi connectivity index (χ2v) is 5.96. The van der Waals surface area contributed by atoms with Crippen LogP contribution < -0.4 is 10.1 Å². The van der Waals surface area contributed by atoms with Gasteiger partial charge in [-0.25, -0.2) is 9.37 Å². The van der Waals surface area contributed by atoms with Gasteiger partial charge in [-0.1, -0.05) is 30.3 Å². The lowest BCUT2D eigenvalue weighted by molar-refractivity contribution is -0.127. The lowest BCUT2D eigenvalue weighted by atomic mass is 10.1. The van der Waals surface area contributed by atoms with Crippen molar-refractivity contribution in [3.63, 3.8) is 0 Å². The van der Waals surface area contributed by atoms with E-state index in [0.717, 1.165) is 5.56 Å². The molecule has 6 heteroatoms. The standard InChI is InChI=1S/C20H20FN3O2/c1-14(26-17-6-4-3-5-7-17)20(25)23-18(19-22-12-13-24(19)2)15-8-10-16(21)11-9-15/h3-14,18H,1-2H3,(H,23,25)/t14-,18-/m0/s1. The zero-order chi connectivity index (χ0) is 18.5. The van der Waals surface area contributed by atoms with E-state index in [0.29, 0.717) is 11.6 Å². The van der Waals surface area contributed by atoms with Crippen LogP contribution in [0, 0.1) is 5.82 Å². The lowest BCUT2D eigenvalue weighted by Crippen LogP contribution is -2.39. The van der Waals surface area contributed by atoms with Crippen molar-refractivity contribution in [1.29, 1.82) is 0 Å². The van der Waals surface area contributed by atoms with Gasteiger partial charge in [0.2, 0.25) is 0 Å². The average molecular weight is 353 g/mol. The largest absolute Gasteiger partial charge is 0.481 e. The van der Waals surface area contributed by atoms with Gasteiger partial charge in [0.1, 0.15) is 23.4 Å². The number of ether oxygens (including phenoxy) is 1. The van der Waals surface area contributed by atoms with E-state index in [-0.39, 0.29) is 11.7 Å². The van der Waals surface area contributed by atoms with Crippen LogP contribution in [-0.2, 0) is 11.8 Å². The first-order chi connectivity index (χ1) is 12.5. The molecule has 0 aliphatic rings. The van der Waals surface area contributed by atoms with Crippen LogP contribution in [0.2, 0.25) is 0 Å². The van der Waals surface area contributed by atoms with E-state index in [9.17, 15) is 9.18 Å². The van der Waals surface area contributed by atoms with Gasteiger partial charge in [-0.2, -0.15) is 0 Å². The fourth-order valence-corrected chi connectivity index (χ4v) is 2.62. The molecule has 1 N–H and O–H groups in total. The maximum Gasteiger partial charge on any atom is 0.261 e. The number of para-hydroxylation sites is 1. The Kier molecular flexibility index (Phi) is 5.31. The summed E-state index contributed by atoms with van der Waals surface area (Å²) >= 11 is 0. The van der Waals surface area contributed by atoms with Gasteiger partial charge in [0.25, 0.3) is 5.91 Å². The number of nitrogens with zero attached hydrogens (tertiary/aromatic N) is 2. The van der Waals surface area contributed by atoms with Gasteiger partial charge >= 0.3 is 0 Å². The molecule has 134 valence electrons. The van der Waals surface area contributed by atoms with E-state index in [2.05, 4.69) is 10.3 Å². The van der Waals surface area contributed by atoms with Crippen LogP contribution in [0.1, 0.15) is 24.4 Å². The molecule has 1 amide bonds. The maximum absolute atomic E-state index is 13.3. The highest BCUT2D eigenvalue weighted by Gasteiger charge is 2.24. The van der Waals surface area contributed by atoms with Crippen LogP contribution in [0.5, 0.6) is 5.75 Å². The Labute approximate surface area is 151 Å². The Hall–Kier alpha value is -3.15. The molecule has 0 fully saturated rings. The monoisotopic (exact) mass is 353 g/mol. The van der Waals surface area contributed by atoms with E-state index in [1.165, 1.54) is 12.1 Å². The summed E-state index contributed by atoms with van der Waals surface area (Å²) in [6.45, 7) is 1.68. The molecule has 3 rings (SSSR count). The van der Waals surface area contributed by atoms with E-state index >= 15 is 0 Å². The molecular formula is C20H20FN3O2. The van der Waals surface area contributed by atoms with Gasteiger partial charge in [-0.15, -0.1) is 0 Å². The summed E-state index contributed by atoms with van der Waals surface area (Å²) < 4.78 is 20.8. The second kappa shape index (κ2) is 7.82. The van der Waals surface area contributed by atoms with E-state index in [1.807, 2.05) is 29.8 Å². The van der Waals surface area contributed by atoms with Gasteiger partial charge in [0, 0.05) is 19.4 Å². The quantitative estimate of drug-likeness (QED) is 0.740. The number of rotatable bonds is 6. The first-order valence-corrected chi connectivity index (χ1v) is 8.29. The summed E-state index contributed by atoms with van der Waals surface area (Å²) in [7, 11) is 1.84. The molecule has 0 aliphatic carbocycles. The van der Waals surface area contributed by atoms with E-state index in [1.54, 1.807) is 43.6 Å². The first kappa shape index (κ1) is 17.7. The summed E-state index contributed by atoms with van der Waals surface area (Å²) in [5.41, 5.74) is 0.737. The van der Waals surface area contributed by atoms with Crippen molar-refractivity contribution >= 4 is 5.91 Å². The van der Waals surface area contributed by atoms with Crippen molar-refractivity contribution in [3.05, 3.63) is 84.2 Å².